The summed E-state index contributed by atoms with van der Waals surface area (Å²) in [5.41, 5.74) is -4.17. The summed E-state index contributed by atoms with van der Waals surface area (Å²) in [4.78, 5) is 2.06. The molecule has 0 spiro atoms. The molecule has 0 amide bonds. The molecule has 0 aliphatic carbocycles. The molecule has 0 unspecified atom stereocenters. The van der Waals surface area contributed by atoms with E-state index in [2.05, 4.69) is 9.64 Å². The van der Waals surface area contributed by atoms with Gasteiger partial charge in [-0.3, -0.25) is 4.90 Å². The Kier molecular flexibility index (Phi) is 4.50. The van der Waals surface area contributed by atoms with Crippen molar-refractivity contribution in [1.29, 1.82) is 0 Å². The van der Waals surface area contributed by atoms with Crippen LogP contribution in [0.3, 0.4) is 0 Å². The number of fused-ring (bicyclic) bond motifs is 1. The fraction of sp³-hybridized carbons (Fsp3) is 1.00. The lowest BCUT2D eigenvalue weighted by molar-refractivity contribution is -0.375. The molecule has 2 fully saturated rings. The summed E-state index contributed by atoms with van der Waals surface area (Å²) in [6.45, 7) is 2.25. The predicted octanol–water partition coefficient (Wildman–Crippen LogP) is 4.29. The minimum Gasteiger partial charge on any atom is -0.357 e. The third-order valence-corrected chi connectivity index (χ3v) is 5.34. The van der Waals surface area contributed by atoms with E-state index in [0.29, 0.717) is 6.42 Å². The van der Waals surface area contributed by atoms with E-state index in [1.54, 1.807) is 0 Å². The van der Waals surface area contributed by atoms with Gasteiger partial charge in [-0.05, 0) is 45.6 Å². The van der Waals surface area contributed by atoms with Gasteiger partial charge in [-0.2, -0.15) is 26.3 Å². The first-order valence-corrected chi connectivity index (χ1v) is 7.51. The maximum Gasteiger partial charge on any atom is 0.426 e. The Labute approximate surface area is 125 Å². The Morgan fingerprint density at radius 2 is 1.68 bits per heavy atom. The van der Waals surface area contributed by atoms with Gasteiger partial charge in [-0.1, -0.05) is 6.92 Å². The van der Waals surface area contributed by atoms with Gasteiger partial charge < -0.3 is 4.74 Å². The lowest BCUT2D eigenvalue weighted by atomic mass is 9.91. The van der Waals surface area contributed by atoms with Crippen LogP contribution in [-0.2, 0) is 4.74 Å². The molecule has 0 aromatic carbocycles. The van der Waals surface area contributed by atoms with Crippen LogP contribution in [0.5, 0.6) is 0 Å². The van der Waals surface area contributed by atoms with Crippen molar-refractivity contribution in [3.8, 4) is 0 Å². The number of ether oxygens (including phenoxy) is 1. The van der Waals surface area contributed by atoms with E-state index in [0.717, 1.165) is 32.2 Å². The van der Waals surface area contributed by atoms with Crippen molar-refractivity contribution in [2.45, 2.75) is 75.5 Å². The van der Waals surface area contributed by atoms with Crippen molar-refractivity contribution in [3.63, 3.8) is 0 Å². The van der Waals surface area contributed by atoms with Crippen molar-refractivity contribution in [2.24, 2.45) is 0 Å². The number of hydrogen-bond donors (Lipinski definition) is 0. The largest absolute Gasteiger partial charge is 0.426 e. The number of nitrogens with zero attached hydrogens (tertiary/aromatic N) is 1. The van der Waals surface area contributed by atoms with Crippen molar-refractivity contribution >= 4 is 0 Å². The highest BCUT2D eigenvalue weighted by molar-refractivity contribution is 5.04. The first-order valence-electron chi connectivity index (χ1n) is 7.51. The summed E-state index contributed by atoms with van der Waals surface area (Å²) in [5, 5.41) is 0. The number of halogens is 6. The third-order valence-electron chi connectivity index (χ3n) is 5.34. The van der Waals surface area contributed by atoms with Gasteiger partial charge in [0.1, 0.15) is 0 Å². The van der Waals surface area contributed by atoms with E-state index in [-0.39, 0.29) is 18.5 Å². The smallest absolute Gasteiger partial charge is 0.357 e. The second kappa shape index (κ2) is 5.54. The van der Waals surface area contributed by atoms with Crippen LogP contribution in [0.15, 0.2) is 0 Å². The first kappa shape index (κ1) is 17.8. The maximum absolute atomic E-state index is 12.8. The Morgan fingerprint density at radius 3 is 2.18 bits per heavy atom. The van der Waals surface area contributed by atoms with Gasteiger partial charge in [0.2, 0.25) is 0 Å². The summed E-state index contributed by atoms with van der Waals surface area (Å²) < 4.78 is 81.4. The summed E-state index contributed by atoms with van der Waals surface area (Å²) >= 11 is 0. The van der Waals surface area contributed by atoms with Gasteiger partial charge in [-0.15, -0.1) is 0 Å². The van der Waals surface area contributed by atoms with Crippen molar-refractivity contribution in [2.75, 3.05) is 13.2 Å². The average molecular weight is 333 g/mol. The van der Waals surface area contributed by atoms with Crippen molar-refractivity contribution in [1.82, 2.24) is 4.90 Å². The fourth-order valence-corrected chi connectivity index (χ4v) is 3.71. The SMILES string of the molecule is CC[C@@]12CCCN1[C@H](COC(C)(C(F)(F)F)C(F)(F)F)CC2. The van der Waals surface area contributed by atoms with Crippen LogP contribution in [0.1, 0.15) is 46.0 Å². The van der Waals surface area contributed by atoms with Gasteiger partial charge >= 0.3 is 12.4 Å². The van der Waals surface area contributed by atoms with Crippen LogP contribution in [0.4, 0.5) is 26.3 Å². The second-order valence-electron chi connectivity index (χ2n) is 6.41. The molecule has 130 valence electrons. The average Bonchev–Trinajstić information content (AvgIpc) is 2.92. The zero-order valence-corrected chi connectivity index (χ0v) is 12.7. The molecular formula is C14H21F6NO. The van der Waals surface area contributed by atoms with E-state index in [9.17, 15) is 26.3 Å². The van der Waals surface area contributed by atoms with Crippen molar-refractivity contribution < 1.29 is 31.1 Å². The van der Waals surface area contributed by atoms with Crippen LogP contribution >= 0.6 is 0 Å². The molecular weight excluding hydrogens is 312 g/mol. The van der Waals surface area contributed by atoms with E-state index in [1.807, 2.05) is 6.92 Å². The molecule has 2 nitrogen and oxygen atoms in total. The Morgan fingerprint density at radius 1 is 1.09 bits per heavy atom. The molecule has 0 saturated carbocycles. The monoisotopic (exact) mass is 333 g/mol. The molecule has 0 radical (unpaired) electrons. The van der Waals surface area contributed by atoms with Gasteiger partial charge in [0.25, 0.3) is 5.60 Å². The highest BCUT2D eigenvalue weighted by atomic mass is 19.4. The standard InChI is InChI=1S/C14H21F6NO/c1-3-12-6-4-8-21(12)10(5-7-12)9-22-11(2,13(15,16)17)14(18,19)20/h10H,3-9H2,1-2H3/t10-,12-/m0/s1. The Bertz CT molecular complexity index is 393. The van der Waals surface area contributed by atoms with Crippen molar-refractivity contribution in [3.05, 3.63) is 0 Å². The summed E-state index contributed by atoms with van der Waals surface area (Å²) in [7, 11) is 0. The molecule has 2 atom stereocenters. The molecule has 2 aliphatic rings. The van der Waals surface area contributed by atoms with Crippen LogP contribution < -0.4 is 0 Å². The molecule has 8 heteroatoms. The molecule has 2 saturated heterocycles. The third kappa shape index (κ3) is 2.72. The van der Waals surface area contributed by atoms with E-state index >= 15 is 0 Å². The minimum atomic E-state index is -5.49. The number of hydrogen-bond acceptors (Lipinski definition) is 2. The predicted molar refractivity (Wildman–Crippen MR) is 68.5 cm³/mol. The molecule has 2 aliphatic heterocycles. The topological polar surface area (TPSA) is 12.5 Å². The fourth-order valence-electron chi connectivity index (χ4n) is 3.71. The Balaban J connectivity index is 2.09. The van der Waals surface area contributed by atoms with E-state index in [1.165, 1.54) is 0 Å². The zero-order valence-electron chi connectivity index (χ0n) is 12.7. The lowest BCUT2D eigenvalue weighted by Crippen LogP contribution is -2.57. The minimum absolute atomic E-state index is 0.0547. The molecule has 22 heavy (non-hydrogen) atoms. The van der Waals surface area contributed by atoms with Crippen LogP contribution in [0, 0.1) is 0 Å². The lowest BCUT2D eigenvalue weighted by Gasteiger charge is -2.37. The molecule has 0 bridgehead atoms. The number of alkyl halides is 6. The van der Waals surface area contributed by atoms with E-state index in [4.69, 9.17) is 0 Å². The van der Waals surface area contributed by atoms with Crippen LogP contribution in [0.2, 0.25) is 0 Å². The normalized spacial score (nSPS) is 30.8. The molecule has 0 aromatic rings. The van der Waals surface area contributed by atoms with Gasteiger partial charge in [-0.25, -0.2) is 0 Å². The van der Waals surface area contributed by atoms with Crippen LogP contribution in [0.25, 0.3) is 0 Å². The van der Waals surface area contributed by atoms with E-state index < -0.39 is 24.6 Å². The highest BCUT2D eigenvalue weighted by Crippen LogP contribution is 2.48. The summed E-state index contributed by atoms with van der Waals surface area (Å²) in [5.74, 6) is 0. The summed E-state index contributed by atoms with van der Waals surface area (Å²) in [6.07, 6.45) is -6.84. The summed E-state index contributed by atoms with van der Waals surface area (Å²) in [6, 6.07) is -0.369. The van der Waals surface area contributed by atoms with Gasteiger partial charge in [0, 0.05) is 11.6 Å². The highest BCUT2D eigenvalue weighted by Gasteiger charge is 2.69. The van der Waals surface area contributed by atoms with Gasteiger partial charge in [0.05, 0.1) is 6.61 Å². The first-order chi connectivity index (χ1) is 9.97. The van der Waals surface area contributed by atoms with Gasteiger partial charge in [0.15, 0.2) is 0 Å². The quantitative estimate of drug-likeness (QED) is 0.712. The Hall–Kier alpha value is -0.500. The zero-order chi connectivity index (χ0) is 16.8. The maximum atomic E-state index is 12.8. The molecule has 2 rings (SSSR count). The number of rotatable bonds is 4. The second-order valence-corrected chi connectivity index (χ2v) is 6.41. The molecule has 0 N–H and O–H groups in total. The molecule has 0 aromatic heterocycles. The molecule has 2 heterocycles. The van der Waals surface area contributed by atoms with Crippen LogP contribution in [-0.4, -0.2) is 47.6 Å².